The van der Waals surface area contributed by atoms with Crippen molar-refractivity contribution in [1.82, 2.24) is 0 Å². The van der Waals surface area contributed by atoms with E-state index in [-0.39, 0.29) is 19.3 Å². The molecule has 128 valence electrons. The van der Waals surface area contributed by atoms with Crippen LogP contribution in [0.3, 0.4) is 0 Å². The number of carbonyl (C=O) groups is 2. The summed E-state index contributed by atoms with van der Waals surface area (Å²) in [5, 5.41) is -0.602. The van der Waals surface area contributed by atoms with E-state index in [1.807, 2.05) is 0 Å². The largest absolute Gasteiger partial charge is 0.461 e. The van der Waals surface area contributed by atoms with E-state index in [4.69, 9.17) is 18.4 Å². The van der Waals surface area contributed by atoms with Crippen LogP contribution < -0.4 is 0 Å². The lowest BCUT2D eigenvalue weighted by atomic mass is 9.94. The first-order valence-electron chi connectivity index (χ1n) is 7.06. The summed E-state index contributed by atoms with van der Waals surface area (Å²) in [6, 6.07) is 0. The van der Waals surface area contributed by atoms with Gasteiger partial charge in [0.15, 0.2) is 6.61 Å². The molecule has 5 atom stereocenters. The minimum absolute atomic E-state index is 0.0543. The summed E-state index contributed by atoms with van der Waals surface area (Å²) in [5.41, 5.74) is 0. The Morgan fingerprint density at radius 1 is 1.22 bits per heavy atom. The van der Waals surface area contributed by atoms with Crippen molar-refractivity contribution in [3.05, 3.63) is 12.7 Å². The van der Waals surface area contributed by atoms with E-state index >= 15 is 0 Å². The van der Waals surface area contributed by atoms with Gasteiger partial charge in [-0.3, -0.25) is 4.18 Å². The first-order valence-corrected chi connectivity index (χ1v) is 8.53. The fraction of sp³-hybridized carbons (Fsp3) is 0.692. The maximum atomic E-state index is 11.7. The Balaban J connectivity index is 1.39. The van der Waals surface area contributed by atoms with Crippen molar-refractivity contribution in [1.29, 1.82) is 0 Å². The smallest absolute Gasteiger partial charge is 0.344 e. The molecule has 9 nitrogen and oxygen atoms in total. The molecular weight excluding hydrogens is 332 g/mol. The average Bonchev–Trinajstić information content (AvgIpc) is 3.12. The van der Waals surface area contributed by atoms with Crippen molar-refractivity contribution in [2.24, 2.45) is 0 Å². The van der Waals surface area contributed by atoms with Crippen LogP contribution in [0.25, 0.3) is 0 Å². The number of esters is 2. The lowest BCUT2D eigenvalue weighted by Crippen LogP contribution is -2.40. The molecule has 23 heavy (non-hydrogen) atoms. The molecule has 0 amide bonds. The first kappa shape index (κ1) is 16.4. The van der Waals surface area contributed by atoms with Gasteiger partial charge in [-0.25, -0.2) is 9.59 Å². The summed E-state index contributed by atoms with van der Waals surface area (Å²) in [5.74, 6) is -1.43. The Labute approximate surface area is 132 Å². The monoisotopic (exact) mass is 348 g/mol. The fourth-order valence-corrected chi connectivity index (χ4v) is 4.64. The van der Waals surface area contributed by atoms with Crippen LogP contribution in [0.5, 0.6) is 0 Å². The van der Waals surface area contributed by atoms with Crippen molar-refractivity contribution < 1.29 is 41.1 Å². The minimum atomic E-state index is -3.57. The summed E-state index contributed by atoms with van der Waals surface area (Å²) in [4.78, 5) is 22.1. The van der Waals surface area contributed by atoms with E-state index in [1.165, 1.54) is 0 Å². The highest BCUT2D eigenvalue weighted by molar-refractivity contribution is 7.87. The van der Waals surface area contributed by atoms with Crippen molar-refractivity contribution in [2.45, 2.75) is 36.1 Å². The summed E-state index contributed by atoms with van der Waals surface area (Å²) < 4.78 is 48.9. The highest BCUT2D eigenvalue weighted by Crippen LogP contribution is 2.47. The average molecular weight is 348 g/mol. The second kappa shape index (κ2) is 6.19. The molecule has 2 bridgehead atoms. The van der Waals surface area contributed by atoms with Crippen molar-refractivity contribution in [2.75, 3.05) is 19.8 Å². The zero-order valence-electron chi connectivity index (χ0n) is 12.1. The summed E-state index contributed by atoms with van der Waals surface area (Å²) in [6.07, 6.45) is -0.633. The molecule has 3 heterocycles. The number of fused-ring (bicyclic) bond motifs is 1. The van der Waals surface area contributed by atoms with Crippen molar-refractivity contribution >= 4 is 22.1 Å². The standard InChI is InChI=1S/C13H16O9S/c1-2-9(14)20-6-10(15)18-3-4-19-11-7-5-8-12(21-7)13(11)22-23(8,16)17/h2,7-8,11-13H,1,3-6H2. The van der Waals surface area contributed by atoms with Gasteiger partial charge in [0.1, 0.15) is 30.2 Å². The molecule has 0 aromatic rings. The molecule has 0 radical (unpaired) electrons. The molecule has 3 saturated heterocycles. The number of hydrogen-bond donors (Lipinski definition) is 0. The number of rotatable bonds is 7. The summed E-state index contributed by atoms with van der Waals surface area (Å²) in [7, 11) is -3.57. The molecule has 0 N–H and O–H groups in total. The molecule has 3 rings (SSSR count). The molecule has 3 aliphatic heterocycles. The normalized spacial score (nSPS) is 35.9. The van der Waals surface area contributed by atoms with Gasteiger partial charge < -0.3 is 18.9 Å². The Morgan fingerprint density at radius 2 is 2.00 bits per heavy atom. The Bertz CT molecular complexity index is 613. The van der Waals surface area contributed by atoms with E-state index in [9.17, 15) is 18.0 Å². The quantitative estimate of drug-likeness (QED) is 0.245. The highest BCUT2D eigenvalue weighted by Gasteiger charge is 2.66. The van der Waals surface area contributed by atoms with Crippen LogP contribution >= 0.6 is 0 Å². The molecule has 10 heteroatoms. The van der Waals surface area contributed by atoms with Crippen LogP contribution in [0.1, 0.15) is 6.42 Å². The fourth-order valence-electron chi connectivity index (χ4n) is 3.00. The van der Waals surface area contributed by atoms with Gasteiger partial charge in [-0.05, 0) is 6.42 Å². The third kappa shape index (κ3) is 3.11. The summed E-state index contributed by atoms with van der Waals surface area (Å²) >= 11 is 0. The zero-order chi connectivity index (χ0) is 16.6. The first-order chi connectivity index (χ1) is 10.9. The predicted molar refractivity (Wildman–Crippen MR) is 72.7 cm³/mol. The second-order valence-electron chi connectivity index (χ2n) is 5.33. The van der Waals surface area contributed by atoms with Crippen LogP contribution in [0.15, 0.2) is 12.7 Å². The predicted octanol–water partition coefficient (Wildman–Crippen LogP) is -1.09. The summed E-state index contributed by atoms with van der Waals surface area (Å²) in [6.45, 7) is 2.69. The van der Waals surface area contributed by atoms with Crippen molar-refractivity contribution in [3.8, 4) is 0 Å². The second-order valence-corrected chi connectivity index (χ2v) is 7.12. The zero-order valence-corrected chi connectivity index (χ0v) is 12.9. The highest BCUT2D eigenvalue weighted by atomic mass is 32.2. The molecule has 0 saturated carbocycles. The number of hydrogen-bond acceptors (Lipinski definition) is 9. The van der Waals surface area contributed by atoms with Gasteiger partial charge in [0, 0.05) is 6.08 Å². The maximum Gasteiger partial charge on any atom is 0.344 e. The van der Waals surface area contributed by atoms with Crippen LogP contribution in [0.4, 0.5) is 0 Å². The molecule has 3 aliphatic rings. The number of carbonyl (C=O) groups excluding carboxylic acids is 2. The molecular formula is C13H16O9S. The Kier molecular flexibility index (Phi) is 4.41. The van der Waals surface area contributed by atoms with Crippen LogP contribution in [0.2, 0.25) is 0 Å². The topological polar surface area (TPSA) is 114 Å². The third-order valence-corrected chi connectivity index (χ3v) is 5.64. The number of ether oxygens (including phenoxy) is 4. The van der Waals surface area contributed by atoms with E-state index in [0.717, 1.165) is 6.08 Å². The van der Waals surface area contributed by atoms with E-state index < -0.39 is 52.2 Å². The van der Waals surface area contributed by atoms with E-state index in [0.29, 0.717) is 6.42 Å². The minimum Gasteiger partial charge on any atom is -0.461 e. The van der Waals surface area contributed by atoms with Gasteiger partial charge in [-0.15, -0.1) is 0 Å². The lowest BCUT2D eigenvalue weighted by Gasteiger charge is -2.21. The molecule has 0 aliphatic carbocycles. The third-order valence-electron chi connectivity index (χ3n) is 3.95. The van der Waals surface area contributed by atoms with Gasteiger partial charge in [-0.2, -0.15) is 8.42 Å². The Morgan fingerprint density at radius 3 is 2.74 bits per heavy atom. The van der Waals surface area contributed by atoms with Crippen LogP contribution in [-0.2, 0) is 42.8 Å². The van der Waals surface area contributed by atoms with Crippen LogP contribution in [0, 0.1) is 0 Å². The van der Waals surface area contributed by atoms with Crippen molar-refractivity contribution in [3.63, 3.8) is 0 Å². The SMILES string of the molecule is C=CC(=O)OCC(=O)OCCOC1C2CC3C(O2)C1OS3(=O)=O. The molecule has 5 unspecified atom stereocenters. The molecule has 0 aromatic heterocycles. The van der Waals surface area contributed by atoms with Gasteiger partial charge in [-0.1, -0.05) is 6.58 Å². The molecule has 3 fully saturated rings. The van der Waals surface area contributed by atoms with E-state index in [2.05, 4.69) is 11.3 Å². The lowest BCUT2D eigenvalue weighted by molar-refractivity contribution is -0.158. The maximum absolute atomic E-state index is 11.7. The Hall–Kier alpha value is -1.49. The molecule has 0 spiro atoms. The molecule has 0 aromatic carbocycles. The van der Waals surface area contributed by atoms with E-state index in [1.54, 1.807) is 0 Å². The van der Waals surface area contributed by atoms with Crippen LogP contribution in [-0.4, -0.2) is 69.8 Å². The van der Waals surface area contributed by atoms with Gasteiger partial charge >= 0.3 is 11.9 Å². The van der Waals surface area contributed by atoms with Gasteiger partial charge in [0.05, 0.1) is 12.7 Å². The van der Waals surface area contributed by atoms with Gasteiger partial charge in [0.25, 0.3) is 10.1 Å². The van der Waals surface area contributed by atoms with Gasteiger partial charge in [0.2, 0.25) is 0 Å².